The van der Waals surface area contributed by atoms with Crippen LogP contribution in [0.25, 0.3) is 0 Å². The van der Waals surface area contributed by atoms with E-state index in [0.717, 1.165) is 29.9 Å². The summed E-state index contributed by atoms with van der Waals surface area (Å²) >= 11 is 0. The van der Waals surface area contributed by atoms with Crippen molar-refractivity contribution in [3.8, 4) is 5.75 Å². The average Bonchev–Trinajstić information content (AvgIpc) is 2.93. The van der Waals surface area contributed by atoms with Gasteiger partial charge in [-0.05, 0) is 6.07 Å². The lowest BCUT2D eigenvalue weighted by Crippen LogP contribution is -2.31. The second-order valence-corrected chi connectivity index (χ2v) is 4.70. The molecular weight excluding hydrogens is 256 g/mol. The first-order valence-corrected chi connectivity index (χ1v) is 6.51. The van der Waals surface area contributed by atoms with Crippen molar-refractivity contribution in [2.45, 2.75) is 12.5 Å². The topological polar surface area (TPSA) is 93.0 Å². The number of H-pyrrole nitrogens is 1. The van der Waals surface area contributed by atoms with E-state index in [2.05, 4.69) is 15.3 Å². The third kappa shape index (κ3) is 2.37. The van der Waals surface area contributed by atoms with Crippen molar-refractivity contribution in [1.82, 2.24) is 15.3 Å². The Morgan fingerprint density at radius 3 is 3.15 bits per heavy atom. The molecule has 4 N–H and O–H groups in total. The highest BCUT2D eigenvalue weighted by Gasteiger charge is 2.26. The van der Waals surface area contributed by atoms with Gasteiger partial charge in [-0.2, -0.15) is 0 Å². The summed E-state index contributed by atoms with van der Waals surface area (Å²) in [7, 11) is 0. The van der Waals surface area contributed by atoms with Gasteiger partial charge >= 0.3 is 0 Å². The Morgan fingerprint density at radius 1 is 1.45 bits per heavy atom. The number of benzene rings is 1. The summed E-state index contributed by atoms with van der Waals surface area (Å²) < 4.78 is 5.49. The van der Waals surface area contributed by atoms with E-state index in [4.69, 9.17) is 10.5 Å². The number of nitrogens with one attached hydrogen (secondary N) is 2. The van der Waals surface area contributed by atoms with Gasteiger partial charge in [-0.15, -0.1) is 0 Å². The van der Waals surface area contributed by atoms with Crippen molar-refractivity contribution in [3.63, 3.8) is 0 Å². The maximum absolute atomic E-state index is 10.9. The van der Waals surface area contributed by atoms with Crippen molar-refractivity contribution < 1.29 is 9.53 Å². The van der Waals surface area contributed by atoms with Crippen LogP contribution in [0.1, 0.15) is 23.0 Å². The fourth-order valence-electron chi connectivity index (χ4n) is 2.48. The molecule has 2 aromatic rings. The average molecular weight is 272 g/mol. The molecule has 1 aromatic carbocycles. The summed E-state index contributed by atoms with van der Waals surface area (Å²) in [5.41, 5.74) is 8.21. The molecule has 1 aliphatic rings. The normalized spacial score (nSPS) is 17.5. The van der Waals surface area contributed by atoms with Crippen molar-refractivity contribution in [1.29, 1.82) is 0 Å². The molecule has 20 heavy (non-hydrogen) atoms. The Labute approximate surface area is 116 Å². The highest BCUT2D eigenvalue weighted by molar-refractivity contribution is 5.75. The first-order valence-electron chi connectivity index (χ1n) is 6.51. The molecule has 1 atom stereocenters. The predicted octanol–water partition coefficient (Wildman–Crippen LogP) is 0.509. The predicted molar refractivity (Wildman–Crippen MR) is 73.3 cm³/mol. The summed E-state index contributed by atoms with van der Waals surface area (Å²) in [6.07, 6.45) is 2.63. The number of hydrogen-bond acceptors (Lipinski definition) is 4. The van der Waals surface area contributed by atoms with Crippen LogP contribution in [0.3, 0.4) is 0 Å². The number of fused-ring (bicyclic) bond motifs is 1. The zero-order chi connectivity index (χ0) is 13.9. The molecule has 2 heterocycles. The van der Waals surface area contributed by atoms with Gasteiger partial charge in [-0.25, -0.2) is 4.98 Å². The molecule has 0 bridgehead atoms. The second-order valence-electron chi connectivity index (χ2n) is 4.70. The highest BCUT2D eigenvalue weighted by Crippen LogP contribution is 2.32. The number of para-hydroxylation sites is 1. The van der Waals surface area contributed by atoms with E-state index in [9.17, 15) is 4.79 Å². The minimum atomic E-state index is -0.489. The molecule has 0 saturated carbocycles. The quantitative estimate of drug-likeness (QED) is 0.756. The number of rotatable bonds is 4. The second kappa shape index (κ2) is 5.34. The zero-order valence-corrected chi connectivity index (χ0v) is 10.9. The number of nitrogens with two attached hydrogens (primary N) is 1. The van der Waals surface area contributed by atoms with Gasteiger partial charge in [0.05, 0.1) is 18.1 Å². The van der Waals surface area contributed by atoms with E-state index in [1.807, 2.05) is 24.3 Å². The number of amides is 1. The lowest BCUT2D eigenvalue weighted by molar-refractivity contribution is -0.119. The number of carbonyl (C=O) groups excluding carboxylic acids is 1. The zero-order valence-electron chi connectivity index (χ0n) is 10.9. The molecule has 1 amide bonds. The monoisotopic (exact) mass is 272 g/mol. The van der Waals surface area contributed by atoms with Gasteiger partial charge in [0.15, 0.2) is 6.61 Å². The Bertz CT molecular complexity index is 623. The van der Waals surface area contributed by atoms with Gasteiger partial charge in [0.1, 0.15) is 5.75 Å². The SMILES string of the molecule is NC(=O)COc1ccccc1[C@H]1NCCc2[nH]cnc21. The number of aromatic amines is 1. The number of aromatic nitrogens is 2. The van der Waals surface area contributed by atoms with Crippen molar-refractivity contribution >= 4 is 5.91 Å². The van der Waals surface area contributed by atoms with Crippen LogP contribution in [-0.2, 0) is 11.2 Å². The van der Waals surface area contributed by atoms with E-state index in [1.54, 1.807) is 6.33 Å². The summed E-state index contributed by atoms with van der Waals surface area (Å²) in [4.78, 5) is 18.4. The summed E-state index contributed by atoms with van der Waals surface area (Å²) in [6, 6.07) is 7.58. The molecule has 6 nitrogen and oxygen atoms in total. The molecule has 0 aliphatic carbocycles. The fourth-order valence-corrected chi connectivity index (χ4v) is 2.48. The van der Waals surface area contributed by atoms with Gasteiger partial charge in [0.25, 0.3) is 5.91 Å². The molecule has 0 saturated heterocycles. The van der Waals surface area contributed by atoms with E-state index >= 15 is 0 Å². The van der Waals surface area contributed by atoms with Crippen LogP contribution < -0.4 is 15.8 Å². The van der Waals surface area contributed by atoms with E-state index in [1.165, 1.54) is 0 Å². The minimum Gasteiger partial charge on any atom is -0.483 e. The lowest BCUT2D eigenvalue weighted by atomic mass is 9.97. The number of imidazole rings is 1. The standard InChI is InChI=1S/C14H16N4O2/c15-12(19)7-20-11-4-2-1-3-9(11)13-14-10(5-6-16-13)17-8-18-14/h1-4,8,13,16H,5-7H2,(H2,15,19)(H,17,18)/t13-/m1/s1. The van der Waals surface area contributed by atoms with Gasteiger partial charge in [0, 0.05) is 24.2 Å². The molecule has 104 valence electrons. The van der Waals surface area contributed by atoms with E-state index in [-0.39, 0.29) is 12.6 Å². The fraction of sp³-hybridized carbons (Fsp3) is 0.286. The molecule has 6 heteroatoms. The Kier molecular flexibility index (Phi) is 3.39. The third-order valence-corrected chi connectivity index (χ3v) is 3.35. The van der Waals surface area contributed by atoms with Crippen molar-refractivity contribution in [2.75, 3.05) is 13.2 Å². The van der Waals surface area contributed by atoms with Crippen LogP contribution in [0, 0.1) is 0 Å². The van der Waals surface area contributed by atoms with Crippen molar-refractivity contribution in [3.05, 3.63) is 47.5 Å². The van der Waals surface area contributed by atoms with Crippen LogP contribution in [0.15, 0.2) is 30.6 Å². The van der Waals surface area contributed by atoms with Gasteiger partial charge in [0.2, 0.25) is 0 Å². The van der Waals surface area contributed by atoms with Gasteiger partial charge in [-0.3, -0.25) is 4.79 Å². The molecule has 0 fully saturated rings. The summed E-state index contributed by atoms with van der Waals surface area (Å²) in [5, 5.41) is 3.43. The first kappa shape index (κ1) is 12.7. The summed E-state index contributed by atoms with van der Waals surface area (Å²) in [5.74, 6) is 0.163. The van der Waals surface area contributed by atoms with Crippen LogP contribution >= 0.6 is 0 Å². The number of ether oxygens (including phenoxy) is 1. The maximum Gasteiger partial charge on any atom is 0.255 e. The lowest BCUT2D eigenvalue weighted by Gasteiger charge is -2.25. The van der Waals surface area contributed by atoms with Crippen LogP contribution in [-0.4, -0.2) is 29.0 Å². The molecule has 0 radical (unpaired) electrons. The molecular formula is C14H16N4O2. The smallest absolute Gasteiger partial charge is 0.255 e. The minimum absolute atomic E-state index is 0.0333. The van der Waals surface area contributed by atoms with E-state index < -0.39 is 5.91 Å². The molecule has 0 unspecified atom stereocenters. The van der Waals surface area contributed by atoms with Crippen LogP contribution in [0.5, 0.6) is 5.75 Å². The van der Waals surface area contributed by atoms with E-state index in [0.29, 0.717) is 5.75 Å². The molecule has 1 aromatic heterocycles. The maximum atomic E-state index is 10.9. The highest BCUT2D eigenvalue weighted by atomic mass is 16.5. The van der Waals surface area contributed by atoms with Gasteiger partial charge in [-0.1, -0.05) is 18.2 Å². The molecule has 0 spiro atoms. The Balaban J connectivity index is 1.93. The Morgan fingerprint density at radius 2 is 2.30 bits per heavy atom. The number of carbonyl (C=O) groups is 1. The van der Waals surface area contributed by atoms with Crippen LogP contribution in [0.4, 0.5) is 0 Å². The largest absolute Gasteiger partial charge is 0.483 e. The first-order chi connectivity index (χ1) is 9.75. The number of hydrogen-bond donors (Lipinski definition) is 3. The van der Waals surface area contributed by atoms with Crippen LogP contribution in [0.2, 0.25) is 0 Å². The molecule has 3 rings (SSSR count). The molecule has 1 aliphatic heterocycles. The summed E-state index contributed by atoms with van der Waals surface area (Å²) in [6.45, 7) is 0.737. The number of nitrogens with zero attached hydrogens (tertiary/aromatic N) is 1. The Hall–Kier alpha value is -2.34. The number of primary amides is 1. The third-order valence-electron chi connectivity index (χ3n) is 3.35. The van der Waals surface area contributed by atoms with Gasteiger partial charge < -0.3 is 20.8 Å². The van der Waals surface area contributed by atoms with Crippen molar-refractivity contribution in [2.24, 2.45) is 5.73 Å².